The molecule has 6 heteroatoms. The number of benzene rings is 3. The average molecular weight is 546 g/mol. The van der Waals surface area contributed by atoms with Crippen LogP contribution < -0.4 is 4.74 Å². The Morgan fingerprint density at radius 2 is 1.65 bits per heavy atom. The summed E-state index contributed by atoms with van der Waals surface area (Å²) in [6, 6.07) is 20.7. The Balaban J connectivity index is 1.38. The molecule has 0 unspecified atom stereocenters. The lowest BCUT2D eigenvalue weighted by Crippen LogP contribution is -2.11. The summed E-state index contributed by atoms with van der Waals surface area (Å²) in [5, 5.41) is 6.87. The van der Waals surface area contributed by atoms with Crippen molar-refractivity contribution in [3.05, 3.63) is 90.4 Å². The van der Waals surface area contributed by atoms with E-state index in [-0.39, 0.29) is 10.8 Å². The summed E-state index contributed by atoms with van der Waals surface area (Å²) in [5.41, 5.74) is 6.94. The van der Waals surface area contributed by atoms with Crippen molar-refractivity contribution in [2.75, 3.05) is 0 Å². The zero-order valence-electron chi connectivity index (χ0n) is 23.6. The average Bonchev–Trinajstić information content (AvgIpc) is 3.65. The van der Waals surface area contributed by atoms with Crippen molar-refractivity contribution >= 4 is 42.7 Å². The van der Waals surface area contributed by atoms with Crippen molar-refractivity contribution in [3.8, 4) is 28.4 Å². The SMILES string of the molecule is CC(C)(C)c1ccnc(-c2cc(Oc3cccc(-n4cc(C(C)(C)C)cn4)c3)c3sc4cccc5oc2c3c54)c1. The van der Waals surface area contributed by atoms with E-state index in [1.807, 2.05) is 53.5 Å². The summed E-state index contributed by atoms with van der Waals surface area (Å²) in [5.74, 6) is 1.54. The van der Waals surface area contributed by atoms with Crippen LogP contribution in [0.1, 0.15) is 52.7 Å². The van der Waals surface area contributed by atoms with E-state index in [9.17, 15) is 0 Å². The molecule has 0 fully saturated rings. The summed E-state index contributed by atoms with van der Waals surface area (Å²) in [6.07, 6.45) is 5.91. The normalized spacial score (nSPS) is 12.8. The molecule has 5 nitrogen and oxygen atoms in total. The Morgan fingerprint density at radius 3 is 2.42 bits per heavy atom. The molecule has 0 spiro atoms. The summed E-state index contributed by atoms with van der Waals surface area (Å²) >= 11 is 1.74. The van der Waals surface area contributed by atoms with Crippen LogP contribution >= 0.6 is 11.3 Å². The fourth-order valence-corrected chi connectivity index (χ4v) is 6.35. The molecule has 0 radical (unpaired) electrons. The third-order valence-corrected chi connectivity index (χ3v) is 8.69. The van der Waals surface area contributed by atoms with Crippen LogP contribution in [0, 0.1) is 0 Å². The summed E-state index contributed by atoms with van der Waals surface area (Å²) in [4.78, 5) is 4.78. The maximum absolute atomic E-state index is 6.68. The number of furan rings is 1. The van der Waals surface area contributed by atoms with E-state index in [1.165, 1.54) is 15.8 Å². The molecule has 40 heavy (non-hydrogen) atoms. The number of ether oxygens (including phenoxy) is 1. The van der Waals surface area contributed by atoms with Crippen LogP contribution in [0.2, 0.25) is 0 Å². The Hall–Kier alpha value is -4.16. The monoisotopic (exact) mass is 545 g/mol. The standard InChI is InChI=1S/C34H31N3O2S/c1-33(2,3)20-13-14-35-25(15-20)24-17-27(32-30-29-26(39-31(24)30)11-8-12-28(29)40-32)38-23-10-7-9-22(16-23)37-19-21(18-36-37)34(4,5)6/h7-19H,1-6H3. The first-order valence-electron chi connectivity index (χ1n) is 13.6. The van der Waals surface area contributed by atoms with Gasteiger partial charge in [-0.1, -0.05) is 53.7 Å². The van der Waals surface area contributed by atoms with Crippen molar-refractivity contribution in [2.45, 2.75) is 52.4 Å². The number of thiophene rings is 1. The van der Waals surface area contributed by atoms with Crippen LogP contribution in [-0.4, -0.2) is 14.8 Å². The van der Waals surface area contributed by atoms with Crippen LogP contribution in [-0.2, 0) is 10.8 Å². The fourth-order valence-electron chi connectivity index (χ4n) is 5.18. The van der Waals surface area contributed by atoms with Gasteiger partial charge in [0.1, 0.15) is 22.7 Å². The number of pyridine rings is 1. The Morgan fingerprint density at radius 1 is 0.850 bits per heavy atom. The molecule has 0 aliphatic carbocycles. The largest absolute Gasteiger partial charge is 0.456 e. The first-order valence-corrected chi connectivity index (χ1v) is 14.4. The molecule has 3 aromatic carbocycles. The molecule has 0 N–H and O–H groups in total. The third-order valence-electron chi connectivity index (χ3n) is 7.52. The van der Waals surface area contributed by atoms with Gasteiger partial charge in [-0.15, -0.1) is 11.3 Å². The molecule has 200 valence electrons. The van der Waals surface area contributed by atoms with E-state index in [4.69, 9.17) is 14.1 Å². The number of nitrogens with zero attached hydrogens (tertiary/aromatic N) is 3. The van der Waals surface area contributed by atoms with Gasteiger partial charge in [0, 0.05) is 34.1 Å². The molecule has 4 heterocycles. The number of rotatable bonds is 4. The molecular formula is C34H31N3O2S. The molecule has 0 aliphatic heterocycles. The molecule has 0 saturated heterocycles. The molecule has 0 saturated carbocycles. The lowest BCUT2D eigenvalue weighted by atomic mass is 9.87. The number of aromatic nitrogens is 3. The minimum atomic E-state index is 0.000721. The van der Waals surface area contributed by atoms with Gasteiger partial charge in [-0.3, -0.25) is 4.98 Å². The second-order valence-corrected chi connectivity index (χ2v) is 13.5. The molecule has 0 amide bonds. The Bertz CT molecular complexity index is 2010. The van der Waals surface area contributed by atoms with E-state index < -0.39 is 0 Å². The maximum Gasteiger partial charge on any atom is 0.146 e. The van der Waals surface area contributed by atoms with Crippen LogP contribution in [0.5, 0.6) is 11.5 Å². The second kappa shape index (κ2) is 8.67. The van der Waals surface area contributed by atoms with Gasteiger partial charge in [0.05, 0.1) is 27.7 Å². The molecule has 7 rings (SSSR count). The van der Waals surface area contributed by atoms with Crippen molar-refractivity contribution in [2.24, 2.45) is 0 Å². The minimum Gasteiger partial charge on any atom is -0.456 e. The summed E-state index contributed by atoms with van der Waals surface area (Å²) in [7, 11) is 0. The van der Waals surface area contributed by atoms with Crippen molar-refractivity contribution in [3.63, 3.8) is 0 Å². The van der Waals surface area contributed by atoms with E-state index >= 15 is 0 Å². The molecule has 7 aromatic rings. The van der Waals surface area contributed by atoms with Gasteiger partial charge in [0.2, 0.25) is 0 Å². The molecule has 0 bridgehead atoms. The Labute approximate surface area is 237 Å². The highest BCUT2D eigenvalue weighted by Gasteiger charge is 2.25. The topological polar surface area (TPSA) is 53.1 Å². The summed E-state index contributed by atoms with van der Waals surface area (Å²) < 4.78 is 17.3. The van der Waals surface area contributed by atoms with Gasteiger partial charge in [-0.25, -0.2) is 4.68 Å². The lowest BCUT2D eigenvalue weighted by Gasteiger charge is -2.19. The predicted molar refractivity (Wildman–Crippen MR) is 165 cm³/mol. The molecule has 0 atom stereocenters. The van der Waals surface area contributed by atoms with Gasteiger partial charge in [0.15, 0.2) is 0 Å². The summed E-state index contributed by atoms with van der Waals surface area (Å²) in [6.45, 7) is 13.2. The molecule has 4 aromatic heterocycles. The van der Waals surface area contributed by atoms with E-state index in [0.29, 0.717) is 0 Å². The second-order valence-electron chi connectivity index (χ2n) is 12.5. The maximum atomic E-state index is 6.68. The predicted octanol–water partition coefficient (Wildman–Crippen LogP) is 9.87. The quantitative estimate of drug-likeness (QED) is 0.221. The minimum absolute atomic E-state index is 0.000721. The van der Waals surface area contributed by atoms with Gasteiger partial charge in [0.25, 0.3) is 0 Å². The van der Waals surface area contributed by atoms with Gasteiger partial charge in [-0.05, 0) is 64.4 Å². The third kappa shape index (κ3) is 4.06. The zero-order chi connectivity index (χ0) is 27.8. The van der Waals surface area contributed by atoms with Crippen molar-refractivity contribution in [1.82, 2.24) is 14.8 Å². The lowest BCUT2D eigenvalue weighted by molar-refractivity contribution is 0.488. The first kappa shape index (κ1) is 24.9. The van der Waals surface area contributed by atoms with E-state index in [2.05, 4.69) is 77.1 Å². The highest BCUT2D eigenvalue weighted by molar-refractivity contribution is 7.26. The smallest absolute Gasteiger partial charge is 0.146 e. The van der Waals surface area contributed by atoms with Crippen LogP contribution in [0.4, 0.5) is 0 Å². The highest BCUT2D eigenvalue weighted by Crippen LogP contribution is 2.50. The van der Waals surface area contributed by atoms with E-state index in [0.717, 1.165) is 55.1 Å². The first-order chi connectivity index (χ1) is 19.1. The van der Waals surface area contributed by atoms with E-state index in [1.54, 1.807) is 11.3 Å². The zero-order valence-corrected chi connectivity index (χ0v) is 24.4. The Kier molecular flexibility index (Phi) is 5.39. The van der Waals surface area contributed by atoms with Gasteiger partial charge < -0.3 is 9.15 Å². The fraction of sp³-hybridized carbons (Fsp3) is 0.235. The van der Waals surface area contributed by atoms with Gasteiger partial charge >= 0.3 is 0 Å². The van der Waals surface area contributed by atoms with Crippen LogP contribution in [0.15, 0.2) is 83.7 Å². The van der Waals surface area contributed by atoms with Crippen molar-refractivity contribution in [1.29, 1.82) is 0 Å². The van der Waals surface area contributed by atoms with Crippen LogP contribution in [0.25, 0.3) is 48.3 Å². The number of hydrogen-bond donors (Lipinski definition) is 0. The van der Waals surface area contributed by atoms with Crippen molar-refractivity contribution < 1.29 is 9.15 Å². The number of hydrogen-bond acceptors (Lipinski definition) is 5. The van der Waals surface area contributed by atoms with Gasteiger partial charge in [-0.2, -0.15) is 5.10 Å². The molecule has 0 aliphatic rings. The highest BCUT2D eigenvalue weighted by atomic mass is 32.1. The van der Waals surface area contributed by atoms with Crippen LogP contribution in [0.3, 0.4) is 0 Å². The molecular weight excluding hydrogens is 514 g/mol.